The Morgan fingerprint density at radius 3 is 2.59 bits per heavy atom. The molecule has 1 N–H and O–H groups in total. The zero-order valence-electron chi connectivity index (χ0n) is 15.8. The number of carbonyl (C=O) groups excluding carboxylic acids is 2. The van der Waals surface area contributed by atoms with E-state index < -0.39 is 5.25 Å². The Bertz CT molecular complexity index is 701. The van der Waals surface area contributed by atoms with E-state index in [0.717, 1.165) is 42.8 Å². The van der Waals surface area contributed by atoms with E-state index in [4.69, 9.17) is 4.74 Å². The highest BCUT2D eigenvalue weighted by molar-refractivity contribution is 8.15. The van der Waals surface area contributed by atoms with Crippen molar-refractivity contribution in [3.63, 3.8) is 0 Å². The molecule has 146 valence electrons. The molecule has 2 heterocycles. The number of hydrogen-bond donors (Lipinski definition) is 1. The molecule has 0 bridgehead atoms. The maximum atomic E-state index is 12.5. The molecule has 1 aromatic rings. The van der Waals surface area contributed by atoms with Crippen LogP contribution in [0.3, 0.4) is 0 Å². The van der Waals surface area contributed by atoms with Crippen molar-refractivity contribution in [1.29, 1.82) is 0 Å². The minimum absolute atomic E-state index is 0.0347. The first-order valence-electron chi connectivity index (χ1n) is 9.37. The maximum Gasteiger partial charge on any atom is 0.242 e. The standard InChI is InChI=1S/C19H26N4O3S/c1-3-20-19-23(4-2)18(25)16(27-19)13-17(24)21-14-5-7-15(8-6-14)22-9-11-26-12-10-22/h5-8,16H,3-4,9-13H2,1-2H3,(H,21,24)/t16-/m1/s1. The number of nitrogens with zero attached hydrogens (tertiary/aromatic N) is 3. The third-order valence-electron chi connectivity index (χ3n) is 4.53. The van der Waals surface area contributed by atoms with Gasteiger partial charge in [0.05, 0.1) is 13.2 Å². The molecule has 7 nitrogen and oxygen atoms in total. The van der Waals surface area contributed by atoms with Gasteiger partial charge in [-0.05, 0) is 38.1 Å². The minimum Gasteiger partial charge on any atom is -0.378 e. The number of morpholine rings is 1. The van der Waals surface area contributed by atoms with Crippen LogP contribution in [-0.2, 0) is 14.3 Å². The van der Waals surface area contributed by atoms with Crippen LogP contribution >= 0.6 is 11.8 Å². The number of anilines is 2. The average Bonchev–Trinajstić information content (AvgIpc) is 2.97. The van der Waals surface area contributed by atoms with Crippen LogP contribution < -0.4 is 10.2 Å². The summed E-state index contributed by atoms with van der Waals surface area (Å²) in [6.07, 6.45) is 0.147. The number of hydrogen-bond acceptors (Lipinski definition) is 6. The highest BCUT2D eigenvalue weighted by atomic mass is 32.2. The molecule has 2 aliphatic heterocycles. The summed E-state index contributed by atoms with van der Waals surface area (Å²) in [5.41, 5.74) is 1.86. The minimum atomic E-state index is -0.400. The largest absolute Gasteiger partial charge is 0.378 e. The second kappa shape index (κ2) is 9.23. The highest BCUT2D eigenvalue weighted by Gasteiger charge is 2.38. The summed E-state index contributed by atoms with van der Waals surface area (Å²) < 4.78 is 5.37. The van der Waals surface area contributed by atoms with Gasteiger partial charge in [0.1, 0.15) is 5.25 Å². The SMILES string of the molecule is CCN=C1S[C@H](CC(=O)Nc2ccc(N3CCOCC3)cc2)C(=O)N1CC. The summed E-state index contributed by atoms with van der Waals surface area (Å²) in [5, 5.41) is 3.21. The van der Waals surface area contributed by atoms with Crippen molar-refractivity contribution in [2.45, 2.75) is 25.5 Å². The van der Waals surface area contributed by atoms with Crippen molar-refractivity contribution >= 4 is 40.1 Å². The lowest BCUT2D eigenvalue weighted by Gasteiger charge is -2.28. The lowest BCUT2D eigenvalue weighted by molar-refractivity contribution is -0.128. The molecular formula is C19H26N4O3S. The Hall–Kier alpha value is -2.06. The smallest absolute Gasteiger partial charge is 0.242 e. The van der Waals surface area contributed by atoms with E-state index in [1.54, 1.807) is 4.90 Å². The van der Waals surface area contributed by atoms with Gasteiger partial charge in [-0.2, -0.15) is 0 Å². The van der Waals surface area contributed by atoms with E-state index in [2.05, 4.69) is 15.2 Å². The quantitative estimate of drug-likeness (QED) is 0.806. The van der Waals surface area contributed by atoms with Crippen molar-refractivity contribution in [3.8, 4) is 0 Å². The molecule has 2 amide bonds. The summed E-state index contributed by atoms with van der Waals surface area (Å²) in [6.45, 7) is 8.29. The molecule has 27 heavy (non-hydrogen) atoms. The normalized spacial score (nSPS) is 21.8. The zero-order chi connectivity index (χ0) is 19.2. The van der Waals surface area contributed by atoms with Crippen LogP contribution in [0.5, 0.6) is 0 Å². The van der Waals surface area contributed by atoms with Crippen LogP contribution in [0.15, 0.2) is 29.3 Å². The first-order valence-corrected chi connectivity index (χ1v) is 10.3. The first kappa shape index (κ1) is 19.7. The number of nitrogens with one attached hydrogen (secondary N) is 1. The highest BCUT2D eigenvalue weighted by Crippen LogP contribution is 2.29. The Labute approximate surface area is 164 Å². The van der Waals surface area contributed by atoms with Gasteiger partial charge in [-0.1, -0.05) is 11.8 Å². The molecule has 0 radical (unpaired) electrons. The molecule has 0 unspecified atom stereocenters. The van der Waals surface area contributed by atoms with Gasteiger partial charge in [-0.15, -0.1) is 0 Å². The molecule has 1 aromatic carbocycles. The van der Waals surface area contributed by atoms with Crippen molar-refractivity contribution in [2.75, 3.05) is 49.6 Å². The van der Waals surface area contributed by atoms with Crippen molar-refractivity contribution in [1.82, 2.24) is 4.90 Å². The van der Waals surface area contributed by atoms with Gasteiger partial charge in [-0.25, -0.2) is 0 Å². The third-order valence-corrected chi connectivity index (χ3v) is 5.74. The number of amides is 2. The van der Waals surface area contributed by atoms with Gasteiger partial charge in [0.15, 0.2) is 5.17 Å². The third kappa shape index (κ3) is 4.81. The molecule has 2 aliphatic rings. The molecule has 8 heteroatoms. The fourth-order valence-electron chi connectivity index (χ4n) is 3.14. The lowest BCUT2D eigenvalue weighted by Crippen LogP contribution is -2.36. The van der Waals surface area contributed by atoms with Gasteiger partial charge in [0.25, 0.3) is 0 Å². The summed E-state index contributed by atoms with van der Waals surface area (Å²) in [6, 6.07) is 7.80. The van der Waals surface area contributed by atoms with Gasteiger partial charge in [-0.3, -0.25) is 19.5 Å². The van der Waals surface area contributed by atoms with Crippen molar-refractivity contribution in [3.05, 3.63) is 24.3 Å². The maximum absolute atomic E-state index is 12.5. The predicted molar refractivity (Wildman–Crippen MR) is 109 cm³/mol. The van der Waals surface area contributed by atoms with Gasteiger partial charge >= 0.3 is 0 Å². The van der Waals surface area contributed by atoms with Gasteiger partial charge in [0, 0.05) is 44.0 Å². The number of carbonyl (C=O) groups is 2. The monoisotopic (exact) mass is 390 g/mol. The van der Waals surface area contributed by atoms with E-state index in [9.17, 15) is 9.59 Å². The number of aliphatic imine (C=N–C) groups is 1. The summed E-state index contributed by atoms with van der Waals surface area (Å²) in [7, 11) is 0. The van der Waals surface area contributed by atoms with E-state index in [1.807, 2.05) is 38.1 Å². The van der Waals surface area contributed by atoms with Crippen LogP contribution in [0.25, 0.3) is 0 Å². The van der Waals surface area contributed by atoms with Crippen LogP contribution in [0.1, 0.15) is 20.3 Å². The molecule has 0 spiro atoms. The second-order valence-corrected chi connectivity index (χ2v) is 7.51. The average molecular weight is 391 g/mol. The summed E-state index contributed by atoms with van der Waals surface area (Å²) >= 11 is 1.38. The molecule has 2 fully saturated rings. The van der Waals surface area contributed by atoms with Crippen molar-refractivity contribution < 1.29 is 14.3 Å². The Balaban J connectivity index is 1.56. The molecule has 0 aromatic heterocycles. The Kier molecular flexibility index (Phi) is 6.73. The lowest BCUT2D eigenvalue weighted by atomic mass is 10.2. The number of amidine groups is 1. The van der Waals surface area contributed by atoms with Gasteiger partial charge in [0.2, 0.25) is 11.8 Å². The second-order valence-electron chi connectivity index (χ2n) is 6.34. The van der Waals surface area contributed by atoms with E-state index in [0.29, 0.717) is 13.1 Å². The van der Waals surface area contributed by atoms with Crippen molar-refractivity contribution in [2.24, 2.45) is 4.99 Å². The molecule has 0 aliphatic carbocycles. The van der Waals surface area contributed by atoms with Gasteiger partial charge < -0.3 is 15.0 Å². The van der Waals surface area contributed by atoms with E-state index in [1.165, 1.54) is 11.8 Å². The zero-order valence-corrected chi connectivity index (χ0v) is 16.6. The fraction of sp³-hybridized carbons (Fsp3) is 0.526. The fourth-order valence-corrected chi connectivity index (χ4v) is 4.41. The topological polar surface area (TPSA) is 74.2 Å². The summed E-state index contributed by atoms with van der Waals surface area (Å²) in [4.78, 5) is 33.1. The number of ether oxygens (including phenoxy) is 1. The van der Waals surface area contributed by atoms with Crippen LogP contribution in [0.4, 0.5) is 11.4 Å². The molecule has 2 saturated heterocycles. The number of thioether (sulfide) groups is 1. The predicted octanol–water partition coefficient (Wildman–Crippen LogP) is 2.19. The molecule has 0 saturated carbocycles. The Morgan fingerprint density at radius 2 is 1.96 bits per heavy atom. The number of benzene rings is 1. The van der Waals surface area contributed by atoms with Crippen LogP contribution in [0, 0.1) is 0 Å². The molecule has 3 rings (SSSR count). The van der Waals surface area contributed by atoms with Crippen LogP contribution in [-0.4, -0.2) is 66.5 Å². The van der Waals surface area contributed by atoms with E-state index >= 15 is 0 Å². The number of rotatable bonds is 6. The van der Waals surface area contributed by atoms with Crippen LogP contribution in [0.2, 0.25) is 0 Å². The molecular weight excluding hydrogens is 364 g/mol. The Morgan fingerprint density at radius 1 is 1.26 bits per heavy atom. The summed E-state index contributed by atoms with van der Waals surface area (Å²) in [5.74, 6) is -0.193. The first-order chi connectivity index (χ1) is 13.1. The molecule has 1 atom stereocenters. The van der Waals surface area contributed by atoms with E-state index in [-0.39, 0.29) is 18.2 Å².